The molecule has 1 aromatic carbocycles. The fraction of sp³-hybridized carbons (Fsp3) is 0.300. The van der Waals surface area contributed by atoms with Crippen molar-refractivity contribution in [3.8, 4) is 5.75 Å². The van der Waals surface area contributed by atoms with Crippen molar-refractivity contribution in [3.05, 3.63) is 29.8 Å². The molecule has 1 aliphatic heterocycles. The van der Waals surface area contributed by atoms with Crippen LogP contribution in [0.1, 0.15) is 11.6 Å². The third-order valence-corrected chi connectivity index (χ3v) is 1.98. The number of fused-ring (bicyclic) bond motifs is 1. The third kappa shape index (κ3) is 3.63. The summed E-state index contributed by atoms with van der Waals surface area (Å²) in [5.41, 5.74) is 6.85. The highest BCUT2D eigenvalue weighted by atomic mass is 19.4. The van der Waals surface area contributed by atoms with E-state index in [1.807, 2.05) is 24.3 Å². The number of halogens is 3. The summed E-state index contributed by atoms with van der Waals surface area (Å²) in [5, 5.41) is 7.12. The minimum atomic E-state index is -5.08. The number of aliphatic carboxylic acids is 1. The minimum Gasteiger partial charge on any atom is -0.491 e. The summed E-state index contributed by atoms with van der Waals surface area (Å²) in [5.74, 6) is -1.82. The van der Waals surface area contributed by atoms with Gasteiger partial charge in [-0.1, -0.05) is 18.2 Å². The second-order valence-electron chi connectivity index (χ2n) is 3.26. The molecule has 0 aliphatic carbocycles. The van der Waals surface area contributed by atoms with Crippen molar-refractivity contribution in [3.63, 3.8) is 0 Å². The summed E-state index contributed by atoms with van der Waals surface area (Å²) in [6.07, 6.45) is -5.08. The number of carboxylic acids is 1. The summed E-state index contributed by atoms with van der Waals surface area (Å²) >= 11 is 0. The predicted octanol–water partition coefficient (Wildman–Crippen LogP) is 1.71. The van der Waals surface area contributed by atoms with E-state index in [1.165, 1.54) is 0 Å². The van der Waals surface area contributed by atoms with Gasteiger partial charge in [0.15, 0.2) is 0 Å². The molecule has 0 aromatic heterocycles. The Morgan fingerprint density at radius 2 is 1.94 bits per heavy atom. The number of ether oxygens (including phenoxy) is 1. The topological polar surface area (TPSA) is 72.5 Å². The highest BCUT2D eigenvalue weighted by Gasteiger charge is 2.38. The highest BCUT2D eigenvalue weighted by molar-refractivity contribution is 5.73. The average Bonchev–Trinajstić information content (AvgIpc) is 2.61. The summed E-state index contributed by atoms with van der Waals surface area (Å²) < 4.78 is 37.0. The second kappa shape index (κ2) is 5.05. The Labute approximate surface area is 94.8 Å². The van der Waals surface area contributed by atoms with E-state index in [4.69, 9.17) is 20.4 Å². The van der Waals surface area contributed by atoms with E-state index in [2.05, 4.69) is 0 Å². The van der Waals surface area contributed by atoms with Gasteiger partial charge in [0, 0.05) is 5.56 Å². The second-order valence-corrected chi connectivity index (χ2v) is 3.26. The van der Waals surface area contributed by atoms with Crippen molar-refractivity contribution in [2.24, 2.45) is 5.73 Å². The van der Waals surface area contributed by atoms with Gasteiger partial charge in [0.25, 0.3) is 0 Å². The average molecular weight is 249 g/mol. The number of carboxylic acid groups (broad SMARTS) is 1. The molecule has 2 rings (SSSR count). The first kappa shape index (κ1) is 13.3. The lowest BCUT2D eigenvalue weighted by Crippen LogP contribution is -2.21. The van der Waals surface area contributed by atoms with E-state index in [9.17, 15) is 13.2 Å². The van der Waals surface area contributed by atoms with Crippen LogP contribution in [0, 0.1) is 0 Å². The van der Waals surface area contributed by atoms with Crippen LogP contribution < -0.4 is 10.5 Å². The molecule has 94 valence electrons. The molecule has 1 heterocycles. The summed E-state index contributed by atoms with van der Waals surface area (Å²) in [7, 11) is 0. The Balaban J connectivity index is 0.000000185. The molecular formula is C10H10F3NO3. The lowest BCUT2D eigenvalue weighted by Gasteiger charge is -1.96. The third-order valence-electron chi connectivity index (χ3n) is 1.98. The van der Waals surface area contributed by atoms with Crippen LogP contribution in [0.25, 0.3) is 0 Å². The molecule has 1 atom stereocenters. The molecule has 7 heteroatoms. The Kier molecular flexibility index (Phi) is 3.95. The number of benzene rings is 1. The first-order valence-electron chi connectivity index (χ1n) is 4.60. The molecule has 0 amide bonds. The molecule has 17 heavy (non-hydrogen) atoms. The molecule has 1 aliphatic rings. The molecular weight excluding hydrogens is 239 g/mol. The number of alkyl halides is 3. The maximum atomic E-state index is 10.6. The molecule has 0 radical (unpaired) electrons. The zero-order chi connectivity index (χ0) is 13.1. The molecule has 1 aromatic rings. The zero-order valence-corrected chi connectivity index (χ0v) is 8.57. The van der Waals surface area contributed by atoms with E-state index in [0.717, 1.165) is 11.3 Å². The van der Waals surface area contributed by atoms with E-state index in [1.54, 1.807) is 0 Å². The van der Waals surface area contributed by atoms with Gasteiger partial charge in [0.1, 0.15) is 12.4 Å². The van der Waals surface area contributed by atoms with Gasteiger partial charge in [-0.2, -0.15) is 13.2 Å². The molecule has 0 fully saturated rings. The molecule has 0 bridgehead atoms. The van der Waals surface area contributed by atoms with Gasteiger partial charge in [0.05, 0.1) is 6.04 Å². The smallest absolute Gasteiger partial charge is 0.490 e. The summed E-state index contributed by atoms with van der Waals surface area (Å²) in [6, 6.07) is 7.97. The van der Waals surface area contributed by atoms with Crippen LogP contribution in [0.2, 0.25) is 0 Å². The Morgan fingerprint density at radius 3 is 2.41 bits per heavy atom. The van der Waals surface area contributed by atoms with Gasteiger partial charge in [-0.05, 0) is 6.07 Å². The van der Waals surface area contributed by atoms with Crippen LogP contribution in [-0.2, 0) is 4.79 Å². The highest BCUT2D eigenvalue weighted by Crippen LogP contribution is 2.29. The molecule has 0 saturated carbocycles. The Morgan fingerprint density at radius 1 is 1.41 bits per heavy atom. The van der Waals surface area contributed by atoms with Crippen LogP contribution in [-0.4, -0.2) is 23.9 Å². The van der Waals surface area contributed by atoms with Gasteiger partial charge in [-0.15, -0.1) is 0 Å². The lowest BCUT2D eigenvalue weighted by atomic mass is 10.1. The number of para-hydroxylation sites is 1. The number of hydrogen-bond donors (Lipinski definition) is 2. The van der Waals surface area contributed by atoms with E-state index < -0.39 is 12.1 Å². The standard InChI is InChI=1S/C8H9NO.C2HF3O2/c9-7-5-10-8-4-2-1-3-6(7)8;3-2(4,5)1(6)7/h1-4,7H,5,9H2;(H,6,7). The van der Waals surface area contributed by atoms with E-state index in [0.29, 0.717) is 6.61 Å². The van der Waals surface area contributed by atoms with Crippen LogP contribution >= 0.6 is 0 Å². The van der Waals surface area contributed by atoms with Gasteiger partial charge in [-0.3, -0.25) is 0 Å². The van der Waals surface area contributed by atoms with E-state index in [-0.39, 0.29) is 6.04 Å². The number of rotatable bonds is 0. The van der Waals surface area contributed by atoms with Gasteiger partial charge >= 0.3 is 12.1 Å². The molecule has 4 nitrogen and oxygen atoms in total. The molecule has 3 N–H and O–H groups in total. The number of nitrogens with two attached hydrogens (primary N) is 1. The van der Waals surface area contributed by atoms with Gasteiger partial charge < -0.3 is 15.6 Å². The minimum absolute atomic E-state index is 0.0798. The van der Waals surface area contributed by atoms with Crippen LogP contribution in [0.4, 0.5) is 13.2 Å². The fourth-order valence-corrected chi connectivity index (χ4v) is 1.19. The fourth-order valence-electron chi connectivity index (χ4n) is 1.19. The lowest BCUT2D eigenvalue weighted by molar-refractivity contribution is -0.192. The SMILES string of the molecule is NC1COc2ccccc21.O=C(O)C(F)(F)F. The van der Waals surface area contributed by atoms with Gasteiger partial charge in [-0.25, -0.2) is 4.79 Å². The quantitative estimate of drug-likeness (QED) is 0.734. The molecule has 0 spiro atoms. The van der Waals surface area contributed by atoms with Crippen molar-refractivity contribution in [1.29, 1.82) is 0 Å². The number of hydrogen-bond acceptors (Lipinski definition) is 3. The summed E-state index contributed by atoms with van der Waals surface area (Å²) in [6.45, 7) is 0.624. The monoisotopic (exact) mass is 249 g/mol. The largest absolute Gasteiger partial charge is 0.491 e. The summed E-state index contributed by atoms with van der Waals surface area (Å²) in [4.78, 5) is 8.90. The zero-order valence-electron chi connectivity index (χ0n) is 8.57. The van der Waals surface area contributed by atoms with Crippen molar-refractivity contribution < 1.29 is 27.8 Å². The van der Waals surface area contributed by atoms with E-state index >= 15 is 0 Å². The maximum absolute atomic E-state index is 10.6. The normalized spacial score (nSPS) is 17.5. The Hall–Kier alpha value is -1.76. The molecule has 1 unspecified atom stereocenters. The van der Waals surface area contributed by atoms with Crippen molar-refractivity contribution in [2.45, 2.75) is 12.2 Å². The first-order valence-corrected chi connectivity index (χ1v) is 4.60. The maximum Gasteiger partial charge on any atom is 0.490 e. The van der Waals surface area contributed by atoms with Crippen molar-refractivity contribution >= 4 is 5.97 Å². The Bertz CT molecular complexity index is 406. The first-order chi connectivity index (χ1) is 7.82. The number of carbonyl (C=O) groups is 1. The van der Waals surface area contributed by atoms with Crippen molar-refractivity contribution in [2.75, 3.05) is 6.61 Å². The van der Waals surface area contributed by atoms with Crippen LogP contribution in [0.5, 0.6) is 5.75 Å². The van der Waals surface area contributed by atoms with Crippen molar-refractivity contribution in [1.82, 2.24) is 0 Å². The predicted molar refractivity (Wildman–Crippen MR) is 52.6 cm³/mol. The van der Waals surface area contributed by atoms with Crippen LogP contribution in [0.15, 0.2) is 24.3 Å². The molecule has 0 saturated heterocycles. The van der Waals surface area contributed by atoms with Gasteiger partial charge in [0.2, 0.25) is 0 Å². The van der Waals surface area contributed by atoms with Crippen LogP contribution in [0.3, 0.4) is 0 Å².